The number of hydrogen-bond donors (Lipinski definition) is 3. The minimum Gasteiger partial charge on any atom is -0.379 e. The molecule has 2 aromatic rings. The first kappa shape index (κ1) is 24.8. The van der Waals surface area contributed by atoms with Crippen LogP contribution < -0.4 is 15.4 Å². The van der Waals surface area contributed by atoms with Crippen LogP contribution in [-0.4, -0.2) is 63.5 Å². The molecule has 3 rings (SSSR count). The fourth-order valence-electron chi connectivity index (χ4n) is 3.25. The van der Waals surface area contributed by atoms with Crippen molar-refractivity contribution in [2.75, 3.05) is 43.5 Å². The molecule has 0 aliphatic carbocycles. The Morgan fingerprint density at radius 2 is 1.45 bits per heavy atom. The van der Waals surface area contributed by atoms with E-state index in [0.717, 1.165) is 13.1 Å². The standard InChI is InChI=1S/C23H30N4O5S/c1-23(2,3)26-33(30,31)20-10-4-17(5-11-20)22(29)25-19-8-6-18(7-9-19)24-21(28)16-27-12-14-32-15-13-27/h4-11,26H,12-16H2,1-3H3,(H,24,28)(H,25,29). The fraction of sp³-hybridized carbons (Fsp3) is 0.391. The van der Waals surface area contributed by atoms with E-state index < -0.39 is 15.6 Å². The lowest BCUT2D eigenvalue weighted by molar-refractivity contribution is -0.118. The van der Waals surface area contributed by atoms with Gasteiger partial charge in [0.15, 0.2) is 0 Å². The van der Waals surface area contributed by atoms with Gasteiger partial charge in [-0.25, -0.2) is 13.1 Å². The SMILES string of the molecule is CC(C)(C)NS(=O)(=O)c1ccc(C(=O)Nc2ccc(NC(=O)CN3CCOCC3)cc2)cc1. The van der Waals surface area contributed by atoms with Crippen molar-refractivity contribution >= 4 is 33.2 Å². The summed E-state index contributed by atoms with van der Waals surface area (Å²) in [5.41, 5.74) is 0.903. The van der Waals surface area contributed by atoms with E-state index in [1.807, 2.05) is 4.90 Å². The van der Waals surface area contributed by atoms with E-state index in [1.54, 1.807) is 45.0 Å². The van der Waals surface area contributed by atoms with E-state index >= 15 is 0 Å². The van der Waals surface area contributed by atoms with Gasteiger partial charge in [0.2, 0.25) is 15.9 Å². The molecule has 9 nitrogen and oxygen atoms in total. The molecule has 33 heavy (non-hydrogen) atoms. The summed E-state index contributed by atoms with van der Waals surface area (Å²) in [7, 11) is -3.67. The van der Waals surface area contributed by atoms with Crippen LogP contribution in [0.4, 0.5) is 11.4 Å². The van der Waals surface area contributed by atoms with Gasteiger partial charge in [0.25, 0.3) is 5.91 Å². The van der Waals surface area contributed by atoms with Gasteiger partial charge in [-0.15, -0.1) is 0 Å². The highest BCUT2D eigenvalue weighted by Gasteiger charge is 2.22. The number of ether oxygens (including phenoxy) is 1. The number of morpholine rings is 1. The molecule has 0 radical (unpaired) electrons. The third-order valence-corrected chi connectivity index (χ3v) is 6.54. The highest BCUT2D eigenvalue weighted by Crippen LogP contribution is 2.17. The van der Waals surface area contributed by atoms with Gasteiger partial charge in [-0.1, -0.05) is 0 Å². The van der Waals surface area contributed by atoms with Gasteiger partial charge in [-0.2, -0.15) is 0 Å². The van der Waals surface area contributed by atoms with Gasteiger partial charge in [-0.05, 0) is 69.3 Å². The maximum atomic E-state index is 12.5. The molecular weight excluding hydrogens is 444 g/mol. The van der Waals surface area contributed by atoms with Crippen LogP contribution in [0.2, 0.25) is 0 Å². The van der Waals surface area contributed by atoms with E-state index in [4.69, 9.17) is 4.74 Å². The largest absolute Gasteiger partial charge is 0.379 e. The number of carbonyl (C=O) groups excluding carboxylic acids is 2. The number of amides is 2. The quantitative estimate of drug-likeness (QED) is 0.567. The molecule has 0 atom stereocenters. The average Bonchev–Trinajstić information content (AvgIpc) is 2.74. The lowest BCUT2D eigenvalue weighted by atomic mass is 10.1. The van der Waals surface area contributed by atoms with E-state index in [2.05, 4.69) is 15.4 Å². The molecule has 178 valence electrons. The third kappa shape index (κ3) is 7.64. The molecule has 10 heteroatoms. The first-order valence-electron chi connectivity index (χ1n) is 10.7. The van der Waals surface area contributed by atoms with Crippen LogP contribution >= 0.6 is 0 Å². The Bertz CT molecular complexity index is 1070. The Hall–Kier alpha value is -2.79. The van der Waals surface area contributed by atoms with Crippen molar-refractivity contribution in [3.05, 3.63) is 54.1 Å². The van der Waals surface area contributed by atoms with Crippen molar-refractivity contribution in [2.45, 2.75) is 31.2 Å². The minimum absolute atomic E-state index is 0.0890. The molecule has 1 aliphatic rings. The summed E-state index contributed by atoms with van der Waals surface area (Å²) in [6, 6.07) is 12.5. The Morgan fingerprint density at radius 1 is 0.909 bits per heavy atom. The molecule has 1 fully saturated rings. The number of sulfonamides is 1. The maximum absolute atomic E-state index is 12.5. The van der Waals surface area contributed by atoms with Crippen molar-refractivity contribution in [3.8, 4) is 0 Å². The lowest BCUT2D eigenvalue weighted by Gasteiger charge is -2.25. The number of nitrogens with zero attached hydrogens (tertiary/aromatic N) is 1. The number of hydrogen-bond acceptors (Lipinski definition) is 6. The number of rotatable bonds is 7. The van der Waals surface area contributed by atoms with Crippen LogP contribution in [0.15, 0.2) is 53.4 Å². The summed E-state index contributed by atoms with van der Waals surface area (Å²) >= 11 is 0. The summed E-state index contributed by atoms with van der Waals surface area (Å²) in [6.07, 6.45) is 0. The van der Waals surface area contributed by atoms with Gasteiger partial charge in [0.1, 0.15) is 0 Å². The molecule has 0 unspecified atom stereocenters. The molecule has 0 aromatic heterocycles. The molecule has 0 spiro atoms. The van der Waals surface area contributed by atoms with Gasteiger partial charge in [0.05, 0.1) is 24.7 Å². The lowest BCUT2D eigenvalue weighted by Crippen LogP contribution is -2.41. The average molecular weight is 475 g/mol. The summed E-state index contributed by atoms with van der Waals surface area (Å²) in [6.45, 7) is 8.31. The predicted octanol–water partition coefficient (Wildman–Crippen LogP) is 2.29. The van der Waals surface area contributed by atoms with Crippen LogP contribution in [0.1, 0.15) is 31.1 Å². The zero-order valence-electron chi connectivity index (χ0n) is 19.1. The summed E-state index contributed by atoms with van der Waals surface area (Å²) in [4.78, 5) is 26.8. The second-order valence-electron chi connectivity index (χ2n) is 8.85. The number of anilines is 2. The Morgan fingerprint density at radius 3 is 2.00 bits per heavy atom. The van der Waals surface area contributed by atoms with Crippen LogP contribution in [0, 0.1) is 0 Å². The zero-order chi connectivity index (χ0) is 24.1. The van der Waals surface area contributed by atoms with Gasteiger partial charge in [-0.3, -0.25) is 14.5 Å². The third-order valence-electron chi connectivity index (χ3n) is 4.76. The maximum Gasteiger partial charge on any atom is 0.255 e. The summed E-state index contributed by atoms with van der Waals surface area (Å²) < 4.78 is 32.6. The number of carbonyl (C=O) groups is 2. The first-order valence-corrected chi connectivity index (χ1v) is 12.2. The van der Waals surface area contributed by atoms with Crippen molar-refractivity contribution in [3.63, 3.8) is 0 Å². The molecule has 1 aliphatic heterocycles. The first-order chi connectivity index (χ1) is 15.5. The highest BCUT2D eigenvalue weighted by molar-refractivity contribution is 7.89. The highest BCUT2D eigenvalue weighted by atomic mass is 32.2. The smallest absolute Gasteiger partial charge is 0.255 e. The van der Waals surface area contributed by atoms with Gasteiger partial charge >= 0.3 is 0 Å². The Kier molecular flexibility index (Phi) is 7.85. The summed E-state index contributed by atoms with van der Waals surface area (Å²) in [5.74, 6) is -0.475. The Labute approximate surface area is 194 Å². The normalized spacial score (nSPS) is 15.1. The topological polar surface area (TPSA) is 117 Å². The van der Waals surface area contributed by atoms with Crippen molar-refractivity contribution in [1.29, 1.82) is 0 Å². The van der Waals surface area contributed by atoms with Gasteiger partial charge < -0.3 is 15.4 Å². The molecule has 1 heterocycles. The number of nitrogens with one attached hydrogen (secondary N) is 3. The van der Waals surface area contributed by atoms with E-state index in [-0.39, 0.29) is 16.7 Å². The molecular formula is C23H30N4O5S. The van der Waals surface area contributed by atoms with Crippen molar-refractivity contribution < 1.29 is 22.7 Å². The molecule has 0 saturated carbocycles. The Balaban J connectivity index is 1.55. The summed E-state index contributed by atoms with van der Waals surface area (Å²) in [5, 5.41) is 5.60. The van der Waals surface area contributed by atoms with Crippen LogP contribution in [0.3, 0.4) is 0 Å². The van der Waals surface area contributed by atoms with E-state index in [9.17, 15) is 18.0 Å². The fourth-order valence-corrected chi connectivity index (χ4v) is 4.67. The van der Waals surface area contributed by atoms with Gasteiger partial charge in [0, 0.05) is 35.6 Å². The second kappa shape index (κ2) is 10.4. The van der Waals surface area contributed by atoms with Crippen LogP contribution in [0.25, 0.3) is 0 Å². The molecule has 3 N–H and O–H groups in total. The molecule has 2 aromatic carbocycles. The molecule has 0 bridgehead atoms. The number of benzene rings is 2. The monoisotopic (exact) mass is 474 g/mol. The minimum atomic E-state index is -3.67. The molecule has 1 saturated heterocycles. The molecule has 2 amide bonds. The second-order valence-corrected chi connectivity index (χ2v) is 10.5. The van der Waals surface area contributed by atoms with E-state index in [1.165, 1.54) is 24.3 Å². The predicted molar refractivity (Wildman–Crippen MR) is 127 cm³/mol. The van der Waals surface area contributed by atoms with E-state index in [0.29, 0.717) is 36.7 Å². The zero-order valence-corrected chi connectivity index (χ0v) is 19.9. The van der Waals surface area contributed by atoms with Crippen LogP contribution in [-0.2, 0) is 19.6 Å². The van der Waals surface area contributed by atoms with Crippen molar-refractivity contribution in [1.82, 2.24) is 9.62 Å². The van der Waals surface area contributed by atoms with Crippen molar-refractivity contribution in [2.24, 2.45) is 0 Å². The van der Waals surface area contributed by atoms with Crippen LogP contribution in [0.5, 0.6) is 0 Å².